The Morgan fingerprint density at radius 1 is 1.38 bits per heavy atom. The first kappa shape index (κ1) is 10.3. The number of rotatable bonds is 1. The van der Waals surface area contributed by atoms with Gasteiger partial charge in [0.15, 0.2) is 5.78 Å². The molecular formula is C11H18O2. The van der Waals surface area contributed by atoms with Crippen LogP contribution < -0.4 is 0 Å². The number of hydrogen-bond donors (Lipinski definition) is 1. The summed E-state index contributed by atoms with van der Waals surface area (Å²) in [6.07, 6.45) is 1.33. The fraction of sp³-hybridized carbons (Fsp3) is 0.727. The first-order valence-corrected chi connectivity index (χ1v) is 4.83. The second-order valence-electron chi connectivity index (χ2n) is 4.72. The molecule has 0 radical (unpaired) electrons. The summed E-state index contributed by atoms with van der Waals surface area (Å²) >= 11 is 0. The van der Waals surface area contributed by atoms with Crippen LogP contribution in [0.5, 0.6) is 0 Å². The predicted molar refractivity (Wildman–Crippen MR) is 52.5 cm³/mol. The van der Waals surface area contributed by atoms with E-state index < -0.39 is 0 Å². The summed E-state index contributed by atoms with van der Waals surface area (Å²) in [4.78, 5) is 11.5. The molecule has 0 aliphatic heterocycles. The second kappa shape index (κ2) is 3.17. The highest BCUT2D eigenvalue weighted by atomic mass is 16.3. The summed E-state index contributed by atoms with van der Waals surface area (Å²) in [5, 5.41) is 9.90. The van der Waals surface area contributed by atoms with E-state index in [1.807, 2.05) is 27.7 Å². The van der Waals surface area contributed by atoms with Crippen LogP contribution >= 0.6 is 0 Å². The minimum absolute atomic E-state index is 0.117. The van der Waals surface area contributed by atoms with Gasteiger partial charge in [-0.1, -0.05) is 27.7 Å². The Labute approximate surface area is 79.6 Å². The highest BCUT2D eigenvalue weighted by molar-refractivity contribution is 5.97. The fourth-order valence-corrected chi connectivity index (χ4v) is 1.77. The molecule has 0 unspecified atom stereocenters. The van der Waals surface area contributed by atoms with E-state index in [1.54, 1.807) is 0 Å². The van der Waals surface area contributed by atoms with Crippen LogP contribution in [0, 0.1) is 11.3 Å². The monoisotopic (exact) mass is 182 g/mol. The van der Waals surface area contributed by atoms with Crippen LogP contribution in [0.3, 0.4) is 0 Å². The van der Waals surface area contributed by atoms with Crippen LogP contribution in [-0.4, -0.2) is 10.9 Å². The minimum Gasteiger partial charge on any atom is -0.511 e. The Bertz CT molecular complexity index is 259. The second-order valence-corrected chi connectivity index (χ2v) is 4.72. The van der Waals surface area contributed by atoms with Crippen molar-refractivity contribution in [2.45, 2.75) is 40.5 Å². The summed E-state index contributed by atoms with van der Waals surface area (Å²) in [5.41, 5.74) is 0.421. The van der Waals surface area contributed by atoms with Gasteiger partial charge in [0.05, 0.1) is 0 Å². The zero-order chi connectivity index (χ0) is 10.2. The summed E-state index contributed by atoms with van der Waals surface area (Å²) in [7, 11) is 0. The normalized spacial score (nSPS) is 22.7. The van der Waals surface area contributed by atoms with Gasteiger partial charge in [-0.2, -0.15) is 0 Å². The van der Waals surface area contributed by atoms with Gasteiger partial charge in [0, 0.05) is 17.4 Å². The van der Waals surface area contributed by atoms with E-state index in [2.05, 4.69) is 0 Å². The van der Waals surface area contributed by atoms with Crippen molar-refractivity contribution in [2.24, 2.45) is 11.3 Å². The largest absolute Gasteiger partial charge is 0.511 e. The highest BCUT2D eigenvalue weighted by Crippen LogP contribution is 2.39. The molecule has 2 nitrogen and oxygen atoms in total. The Hall–Kier alpha value is -0.790. The maximum atomic E-state index is 11.5. The average molecular weight is 182 g/mol. The van der Waals surface area contributed by atoms with Gasteiger partial charge in [0.2, 0.25) is 0 Å². The predicted octanol–water partition coefficient (Wildman–Crippen LogP) is 2.84. The maximum absolute atomic E-state index is 11.5. The highest BCUT2D eigenvalue weighted by Gasteiger charge is 2.35. The molecule has 1 rings (SSSR count). The molecule has 0 amide bonds. The van der Waals surface area contributed by atoms with Gasteiger partial charge < -0.3 is 5.11 Å². The lowest BCUT2D eigenvalue weighted by molar-refractivity contribution is -0.117. The van der Waals surface area contributed by atoms with Crippen molar-refractivity contribution in [1.82, 2.24) is 0 Å². The number of carbonyl (C=O) groups is 1. The first-order valence-electron chi connectivity index (χ1n) is 4.83. The number of carbonyl (C=O) groups excluding carboxylic acids is 1. The number of hydrogen-bond acceptors (Lipinski definition) is 2. The molecule has 13 heavy (non-hydrogen) atoms. The zero-order valence-corrected chi connectivity index (χ0v) is 8.85. The molecule has 0 fully saturated rings. The van der Waals surface area contributed by atoms with Crippen molar-refractivity contribution < 1.29 is 9.90 Å². The van der Waals surface area contributed by atoms with Crippen LogP contribution in [0.1, 0.15) is 40.5 Å². The zero-order valence-electron chi connectivity index (χ0n) is 8.85. The number of Topliss-reactive ketones (excluding diaryl/α,β-unsaturated/α-hetero) is 1. The topological polar surface area (TPSA) is 37.3 Å². The molecular weight excluding hydrogens is 164 g/mol. The van der Waals surface area contributed by atoms with E-state index in [-0.39, 0.29) is 17.1 Å². The Balaban J connectivity index is 3.16. The van der Waals surface area contributed by atoms with Crippen LogP contribution in [0.4, 0.5) is 0 Å². The van der Waals surface area contributed by atoms with E-state index in [0.717, 1.165) is 6.42 Å². The molecule has 0 saturated carbocycles. The summed E-state index contributed by atoms with van der Waals surface area (Å²) < 4.78 is 0. The summed E-state index contributed by atoms with van der Waals surface area (Å²) in [6, 6.07) is 0. The van der Waals surface area contributed by atoms with Gasteiger partial charge in [-0.05, 0) is 12.3 Å². The lowest BCUT2D eigenvalue weighted by Crippen LogP contribution is -2.28. The standard InChI is InChI=1S/C11H18O2/c1-7(2)9-8(12)5-6-11(3,4)10(9)13/h7,13H,5-6H2,1-4H3. The van der Waals surface area contributed by atoms with E-state index in [9.17, 15) is 9.90 Å². The van der Waals surface area contributed by atoms with Crippen LogP contribution in [0.15, 0.2) is 11.3 Å². The molecule has 1 aliphatic rings. The third-order valence-electron chi connectivity index (χ3n) is 2.75. The quantitative estimate of drug-likeness (QED) is 0.677. The van der Waals surface area contributed by atoms with Crippen LogP contribution in [0.2, 0.25) is 0 Å². The van der Waals surface area contributed by atoms with Gasteiger partial charge >= 0.3 is 0 Å². The molecule has 0 saturated heterocycles. The Kier molecular flexibility index (Phi) is 2.51. The number of aliphatic hydroxyl groups excluding tert-OH is 1. The van der Waals surface area contributed by atoms with Crippen molar-refractivity contribution >= 4 is 5.78 Å². The molecule has 0 aromatic carbocycles. The summed E-state index contributed by atoms with van der Waals surface area (Å²) in [6.45, 7) is 7.87. The smallest absolute Gasteiger partial charge is 0.162 e. The molecule has 0 heterocycles. The van der Waals surface area contributed by atoms with Gasteiger partial charge in [-0.15, -0.1) is 0 Å². The molecule has 0 bridgehead atoms. The average Bonchev–Trinajstić information content (AvgIpc) is 1.98. The van der Waals surface area contributed by atoms with Crippen molar-refractivity contribution in [3.05, 3.63) is 11.3 Å². The number of allylic oxidation sites excluding steroid dienone is 2. The van der Waals surface area contributed by atoms with Crippen molar-refractivity contribution in [1.29, 1.82) is 0 Å². The molecule has 0 atom stereocenters. The molecule has 74 valence electrons. The Morgan fingerprint density at radius 2 is 1.92 bits per heavy atom. The fourth-order valence-electron chi connectivity index (χ4n) is 1.77. The molecule has 1 aliphatic carbocycles. The van der Waals surface area contributed by atoms with Gasteiger partial charge in [0.25, 0.3) is 0 Å². The van der Waals surface area contributed by atoms with Gasteiger partial charge in [-0.3, -0.25) is 4.79 Å². The van der Waals surface area contributed by atoms with Crippen LogP contribution in [-0.2, 0) is 4.79 Å². The molecule has 1 N–H and O–H groups in total. The van der Waals surface area contributed by atoms with E-state index in [1.165, 1.54) is 0 Å². The van der Waals surface area contributed by atoms with Gasteiger partial charge in [0.1, 0.15) is 5.76 Å². The number of aliphatic hydroxyl groups is 1. The van der Waals surface area contributed by atoms with E-state index in [4.69, 9.17) is 0 Å². The van der Waals surface area contributed by atoms with Crippen molar-refractivity contribution in [2.75, 3.05) is 0 Å². The number of ketones is 1. The molecule has 0 aromatic heterocycles. The van der Waals surface area contributed by atoms with E-state index in [0.29, 0.717) is 17.8 Å². The molecule has 0 spiro atoms. The first-order chi connectivity index (χ1) is 5.86. The van der Waals surface area contributed by atoms with Gasteiger partial charge in [-0.25, -0.2) is 0 Å². The van der Waals surface area contributed by atoms with Crippen molar-refractivity contribution in [3.63, 3.8) is 0 Å². The van der Waals surface area contributed by atoms with Crippen LogP contribution in [0.25, 0.3) is 0 Å². The third kappa shape index (κ3) is 1.77. The van der Waals surface area contributed by atoms with Crippen molar-refractivity contribution in [3.8, 4) is 0 Å². The molecule has 0 aromatic rings. The third-order valence-corrected chi connectivity index (χ3v) is 2.75. The molecule has 2 heteroatoms. The van der Waals surface area contributed by atoms with E-state index >= 15 is 0 Å². The minimum atomic E-state index is -0.215. The SMILES string of the molecule is CC(C)C1=C(O)C(C)(C)CCC1=O. The maximum Gasteiger partial charge on any atom is 0.162 e. The lowest BCUT2D eigenvalue weighted by atomic mass is 9.74. The summed E-state index contributed by atoms with van der Waals surface area (Å²) in [5.74, 6) is 0.553. The lowest BCUT2D eigenvalue weighted by Gasteiger charge is -2.31. The Morgan fingerprint density at radius 3 is 2.31 bits per heavy atom.